The Morgan fingerprint density at radius 3 is 2.75 bits per heavy atom. The molecule has 0 bridgehead atoms. The van der Waals surface area contributed by atoms with Gasteiger partial charge < -0.3 is 5.32 Å². The molecule has 2 aromatic rings. The van der Waals surface area contributed by atoms with Crippen LogP contribution < -0.4 is 5.32 Å². The van der Waals surface area contributed by atoms with Gasteiger partial charge in [0.25, 0.3) is 0 Å². The average Bonchev–Trinajstić information content (AvgIpc) is 2.87. The van der Waals surface area contributed by atoms with Crippen molar-refractivity contribution in [1.29, 1.82) is 0 Å². The second kappa shape index (κ2) is 5.57. The Labute approximate surface area is 122 Å². The molecule has 0 radical (unpaired) electrons. The van der Waals surface area contributed by atoms with Crippen LogP contribution in [0.3, 0.4) is 0 Å². The lowest BCUT2D eigenvalue weighted by Crippen LogP contribution is -2.29. The van der Waals surface area contributed by atoms with Crippen LogP contribution in [0.15, 0.2) is 42.5 Å². The fourth-order valence-corrected chi connectivity index (χ4v) is 3.59. The van der Waals surface area contributed by atoms with Crippen LogP contribution >= 0.6 is 0 Å². The average molecular weight is 267 g/mol. The second-order valence-electron chi connectivity index (χ2n) is 6.52. The Morgan fingerprint density at radius 1 is 1.15 bits per heavy atom. The van der Waals surface area contributed by atoms with E-state index in [2.05, 4.69) is 61.6 Å². The number of nitrogens with one attached hydrogen (secondary N) is 1. The zero-order chi connectivity index (χ0) is 14.0. The molecule has 1 fully saturated rings. The van der Waals surface area contributed by atoms with Crippen molar-refractivity contribution in [3.63, 3.8) is 0 Å². The van der Waals surface area contributed by atoms with Crippen molar-refractivity contribution in [2.24, 2.45) is 0 Å². The Balaban J connectivity index is 1.83. The van der Waals surface area contributed by atoms with E-state index in [1.807, 2.05) is 0 Å². The number of hydrogen-bond acceptors (Lipinski definition) is 1. The fourth-order valence-electron chi connectivity index (χ4n) is 3.59. The van der Waals surface area contributed by atoms with Gasteiger partial charge in [-0.25, -0.2) is 0 Å². The molecule has 0 saturated heterocycles. The van der Waals surface area contributed by atoms with Gasteiger partial charge >= 0.3 is 0 Å². The molecule has 0 aromatic heterocycles. The standard InChI is InChI=1S/C19H25N/c1-3-12-20-18-10-11-19(2,14-18)17-9-8-15-6-4-5-7-16(15)13-17/h4-9,13,18,20H,3,10-12,14H2,1-2H3. The Kier molecular flexibility index (Phi) is 3.80. The predicted octanol–water partition coefficient (Wildman–Crippen LogP) is 4.65. The lowest BCUT2D eigenvalue weighted by molar-refractivity contribution is 0.453. The summed E-state index contributed by atoms with van der Waals surface area (Å²) in [6.07, 6.45) is 5.10. The molecule has 1 N–H and O–H groups in total. The van der Waals surface area contributed by atoms with Gasteiger partial charge in [0.1, 0.15) is 0 Å². The molecule has 1 heteroatoms. The molecular formula is C19H25N. The summed E-state index contributed by atoms with van der Waals surface area (Å²) < 4.78 is 0. The third-order valence-electron chi connectivity index (χ3n) is 4.87. The zero-order valence-corrected chi connectivity index (χ0v) is 12.7. The van der Waals surface area contributed by atoms with Crippen molar-refractivity contribution in [2.75, 3.05) is 6.54 Å². The van der Waals surface area contributed by atoms with Crippen molar-refractivity contribution in [3.8, 4) is 0 Å². The van der Waals surface area contributed by atoms with E-state index in [1.54, 1.807) is 0 Å². The van der Waals surface area contributed by atoms with Gasteiger partial charge in [0, 0.05) is 6.04 Å². The molecule has 2 atom stereocenters. The maximum absolute atomic E-state index is 3.69. The van der Waals surface area contributed by atoms with Crippen LogP contribution in [0.4, 0.5) is 0 Å². The van der Waals surface area contributed by atoms with E-state index in [1.165, 1.54) is 42.0 Å². The monoisotopic (exact) mass is 267 g/mol. The van der Waals surface area contributed by atoms with Gasteiger partial charge in [-0.2, -0.15) is 0 Å². The van der Waals surface area contributed by atoms with Crippen molar-refractivity contribution < 1.29 is 0 Å². The molecule has 0 amide bonds. The van der Waals surface area contributed by atoms with Crippen LogP contribution in [0, 0.1) is 0 Å². The van der Waals surface area contributed by atoms with Crippen LogP contribution in [-0.2, 0) is 5.41 Å². The van der Waals surface area contributed by atoms with E-state index in [9.17, 15) is 0 Å². The molecular weight excluding hydrogens is 242 g/mol. The topological polar surface area (TPSA) is 12.0 Å². The number of rotatable bonds is 4. The van der Waals surface area contributed by atoms with Gasteiger partial charge in [-0.05, 0) is 54.0 Å². The first-order chi connectivity index (χ1) is 9.71. The molecule has 106 valence electrons. The molecule has 1 nitrogen and oxygen atoms in total. The quantitative estimate of drug-likeness (QED) is 0.850. The van der Waals surface area contributed by atoms with Gasteiger partial charge in [-0.1, -0.05) is 56.3 Å². The van der Waals surface area contributed by atoms with E-state index in [0.29, 0.717) is 11.5 Å². The van der Waals surface area contributed by atoms with Crippen molar-refractivity contribution in [3.05, 3.63) is 48.0 Å². The summed E-state index contributed by atoms with van der Waals surface area (Å²) in [5.74, 6) is 0. The molecule has 0 heterocycles. The normalized spacial score (nSPS) is 26.2. The highest BCUT2D eigenvalue weighted by Gasteiger charge is 2.36. The van der Waals surface area contributed by atoms with Gasteiger partial charge in [0.15, 0.2) is 0 Å². The highest BCUT2D eigenvalue weighted by Crippen LogP contribution is 2.41. The minimum absolute atomic E-state index is 0.343. The van der Waals surface area contributed by atoms with E-state index >= 15 is 0 Å². The third-order valence-corrected chi connectivity index (χ3v) is 4.87. The van der Waals surface area contributed by atoms with E-state index < -0.39 is 0 Å². The summed E-state index contributed by atoms with van der Waals surface area (Å²) in [7, 11) is 0. The summed E-state index contributed by atoms with van der Waals surface area (Å²) in [6, 6.07) is 16.4. The molecule has 20 heavy (non-hydrogen) atoms. The minimum Gasteiger partial charge on any atom is -0.314 e. The fraction of sp³-hybridized carbons (Fsp3) is 0.474. The van der Waals surface area contributed by atoms with Gasteiger partial charge in [0.2, 0.25) is 0 Å². The summed E-state index contributed by atoms with van der Waals surface area (Å²) in [5.41, 5.74) is 1.85. The van der Waals surface area contributed by atoms with E-state index in [4.69, 9.17) is 0 Å². The molecule has 0 aliphatic heterocycles. The highest BCUT2D eigenvalue weighted by atomic mass is 14.9. The first-order valence-electron chi connectivity index (χ1n) is 7.94. The van der Waals surface area contributed by atoms with Gasteiger partial charge in [-0.3, -0.25) is 0 Å². The van der Waals surface area contributed by atoms with Gasteiger partial charge in [0.05, 0.1) is 0 Å². The van der Waals surface area contributed by atoms with Crippen LogP contribution in [0.2, 0.25) is 0 Å². The maximum atomic E-state index is 3.69. The first-order valence-corrected chi connectivity index (χ1v) is 7.94. The molecule has 2 aromatic carbocycles. The highest BCUT2D eigenvalue weighted by molar-refractivity contribution is 5.83. The van der Waals surface area contributed by atoms with Crippen LogP contribution in [0.1, 0.15) is 45.1 Å². The lowest BCUT2D eigenvalue weighted by atomic mass is 9.80. The summed E-state index contributed by atoms with van der Waals surface area (Å²) >= 11 is 0. The summed E-state index contributed by atoms with van der Waals surface area (Å²) in [4.78, 5) is 0. The number of fused-ring (bicyclic) bond motifs is 1. The molecule has 2 unspecified atom stereocenters. The predicted molar refractivity (Wildman–Crippen MR) is 87.2 cm³/mol. The van der Waals surface area contributed by atoms with Crippen molar-refractivity contribution in [2.45, 2.75) is 51.0 Å². The van der Waals surface area contributed by atoms with E-state index in [-0.39, 0.29) is 0 Å². The smallest absolute Gasteiger partial charge is 0.00757 e. The molecule has 3 rings (SSSR count). The Morgan fingerprint density at radius 2 is 1.95 bits per heavy atom. The SMILES string of the molecule is CCCNC1CCC(C)(c2ccc3ccccc3c2)C1. The first kappa shape index (κ1) is 13.6. The summed E-state index contributed by atoms with van der Waals surface area (Å²) in [5, 5.41) is 6.41. The molecule has 1 saturated carbocycles. The summed E-state index contributed by atoms with van der Waals surface area (Å²) in [6.45, 7) is 5.83. The van der Waals surface area contributed by atoms with Crippen LogP contribution in [-0.4, -0.2) is 12.6 Å². The van der Waals surface area contributed by atoms with Crippen LogP contribution in [0.25, 0.3) is 10.8 Å². The molecule has 1 aliphatic rings. The van der Waals surface area contributed by atoms with Crippen molar-refractivity contribution in [1.82, 2.24) is 5.32 Å². The molecule has 0 spiro atoms. The lowest BCUT2D eigenvalue weighted by Gasteiger charge is -2.25. The Bertz CT molecular complexity index is 589. The third kappa shape index (κ3) is 2.60. The minimum atomic E-state index is 0.343. The largest absolute Gasteiger partial charge is 0.314 e. The van der Waals surface area contributed by atoms with Crippen LogP contribution in [0.5, 0.6) is 0 Å². The number of benzene rings is 2. The van der Waals surface area contributed by atoms with Crippen molar-refractivity contribution >= 4 is 10.8 Å². The molecule has 1 aliphatic carbocycles. The number of hydrogen-bond donors (Lipinski definition) is 1. The Hall–Kier alpha value is -1.34. The zero-order valence-electron chi connectivity index (χ0n) is 12.7. The van der Waals surface area contributed by atoms with E-state index in [0.717, 1.165) is 6.54 Å². The van der Waals surface area contributed by atoms with Gasteiger partial charge in [-0.15, -0.1) is 0 Å². The second-order valence-corrected chi connectivity index (χ2v) is 6.52. The maximum Gasteiger partial charge on any atom is 0.00757 e.